The molecule has 0 N–H and O–H groups in total. The SMILES string of the molecule is C[C@H](C1CCC1)N1CCC(=O)N(Cc2ccc(F)cc2)CC1. The van der Waals surface area contributed by atoms with Crippen LogP contribution in [0.1, 0.15) is 38.2 Å². The molecule has 1 atom stereocenters. The van der Waals surface area contributed by atoms with Crippen LogP contribution in [0.15, 0.2) is 24.3 Å². The number of amides is 1. The van der Waals surface area contributed by atoms with E-state index in [4.69, 9.17) is 0 Å². The third kappa shape index (κ3) is 3.49. The molecule has 4 heteroatoms. The Bertz CT molecular complexity index is 512. The predicted octanol–water partition coefficient (Wildman–Crippen LogP) is 3.05. The van der Waals surface area contributed by atoms with Gasteiger partial charge < -0.3 is 4.90 Å². The maximum Gasteiger partial charge on any atom is 0.224 e. The van der Waals surface area contributed by atoms with Crippen molar-refractivity contribution in [3.05, 3.63) is 35.6 Å². The zero-order valence-electron chi connectivity index (χ0n) is 13.3. The van der Waals surface area contributed by atoms with Gasteiger partial charge in [0.2, 0.25) is 5.91 Å². The molecule has 0 spiro atoms. The minimum atomic E-state index is -0.230. The molecule has 2 aliphatic rings. The summed E-state index contributed by atoms with van der Waals surface area (Å²) in [7, 11) is 0. The quantitative estimate of drug-likeness (QED) is 0.853. The summed E-state index contributed by atoms with van der Waals surface area (Å²) in [5.41, 5.74) is 0.996. The zero-order chi connectivity index (χ0) is 15.5. The van der Waals surface area contributed by atoms with Gasteiger partial charge in [0.25, 0.3) is 0 Å². The standard InChI is InChI=1S/C18H25FN2O/c1-14(16-3-2-4-16)20-10-9-18(22)21(12-11-20)13-15-5-7-17(19)8-6-15/h5-8,14,16H,2-4,9-13H2,1H3/t14-/m1/s1. The van der Waals surface area contributed by atoms with Crippen LogP contribution < -0.4 is 0 Å². The minimum Gasteiger partial charge on any atom is -0.337 e. The Hall–Kier alpha value is -1.42. The molecule has 1 saturated carbocycles. The monoisotopic (exact) mass is 304 g/mol. The molecule has 1 saturated heterocycles. The van der Waals surface area contributed by atoms with Crippen LogP contribution in [-0.2, 0) is 11.3 Å². The summed E-state index contributed by atoms with van der Waals surface area (Å²) in [6, 6.07) is 7.04. The number of hydrogen-bond acceptors (Lipinski definition) is 2. The fourth-order valence-electron chi connectivity index (χ4n) is 3.49. The van der Waals surface area contributed by atoms with Crippen molar-refractivity contribution < 1.29 is 9.18 Å². The van der Waals surface area contributed by atoms with Crippen LogP contribution in [0.25, 0.3) is 0 Å². The van der Waals surface area contributed by atoms with Crippen LogP contribution >= 0.6 is 0 Å². The predicted molar refractivity (Wildman–Crippen MR) is 84.8 cm³/mol. The zero-order valence-corrected chi connectivity index (χ0v) is 13.3. The van der Waals surface area contributed by atoms with Crippen molar-refractivity contribution in [2.45, 2.75) is 45.2 Å². The molecule has 2 fully saturated rings. The average molecular weight is 304 g/mol. The molecular weight excluding hydrogens is 279 g/mol. The lowest BCUT2D eigenvalue weighted by Gasteiger charge is -2.38. The van der Waals surface area contributed by atoms with E-state index in [0.29, 0.717) is 19.0 Å². The average Bonchev–Trinajstić information content (AvgIpc) is 2.62. The van der Waals surface area contributed by atoms with Gasteiger partial charge in [-0.2, -0.15) is 0 Å². The molecule has 120 valence electrons. The number of rotatable bonds is 4. The highest BCUT2D eigenvalue weighted by molar-refractivity contribution is 5.76. The Kier molecular flexibility index (Phi) is 4.77. The van der Waals surface area contributed by atoms with Crippen LogP contribution in [0.2, 0.25) is 0 Å². The third-order valence-corrected chi connectivity index (χ3v) is 5.32. The van der Waals surface area contributed by atoms with Crippen molar-refractivity contribution in [3.63, 3.8) is 0 Å². The van der Waals surface area contributed by atoms with Gasteiger partial charge >= 0.3 is 0 Å². The lowest BCUT2D eigenvalue weighted by Crippen LogP contribution is -2.43. The summed E-state index contributed by atoms with van der Waals surface area (Å²) in [5, 5.41) is 0. The Morgan fingerprint density at radius 2 is 1.91 bits per heavy atom. The first-order valence-electron chi connectivity index (χ1n) is 8.40. The normalized spacial score (nSPS) is 22.3. The van der Waals surface area contributed by atoms with Crippen LogP contribution in [0.4, 0.5) is 4.39 Å². The number of carbonyl (C=O) groups is 1. The molecule has 1 aromatic rings. The summed E-state index contributed by atoms with van der Waals surface area (Å²) < 4.78 is 13.0. The van der Waals surface area contributed by atoms with Gasteiger partial charge in [0.1, 0.15) is 5.82 Å². The number of hydrogen-bond donors (Lipinski definition) is 0. The highest BCUT2D eigenvalue weighted by atomic mass is 19.1. The van der Waals surface area contributed by atoms with E-state index >= 15 is 0 Å². The number of benzene rings is 1. The molecule has 3 nitrogen and oxygen atoms in total. The molecule has 1 aliphatic heterocycles. The number of carbonyl (C=O) groups excluding carboxylic acids is 1. The molecule has 0 unspecified atom stereocenters. The molecule has 3 rings (SSSR count). The summed E-state index contributed by atoms with van der Waals surface area (Å²) in [5.74, 6) is 0.804. The van der Waals surface area contributed by atoms with Crippen LogP contribution in [0, 0.1) is 11.7 Å². The smallest absolute Gasteiger partial charge is 0.224 e. The van der Waals surface area contributed by atoms with E-state index < -0.39 is 0 Å². The Balaban J connectivity index is 1.59. The van der Waals surface area contributed by atoms with Gasteiger partial charge in [0.05, 0.1) is 0 Å². The van der Waals surface area contributed by atoms with Crippen molar-refractivity contribution in [2.75, 3.05) is 19.6 Å². The van der Waals surface area contributed by atoms with Crippen molar-refractivity contribution in [1.29, 1.82) is 0 Å². The maximum absolute atomic E-state index is 13.0. The summed E-state index contributed by atoms with van der Waals surface area (Å²) in [4.78, 5) is 16.7. The van der Waals surface area contributed by atoms with Crippen molar-refractivity contribution in [2.24, 2.45) is 5.92 Å². The molecule has 1 heterocycles. The largest absolute Gasteiger partial charge is 0.337 e. The molecule has 0 bridgehead atoms. The van der Waals surface area contributed by atoms with E-state index in [9.17, 15) is 9.18 Å². The fourth-order valence-corrected chi connectivity index (χ4v) is 3.49. The van der Waals surface area contributed by atoms with Crippen LogP contribution in [0.3, 0.4) is 0 Å². The minimum absolute atomic E-state index is 0.215. The van der Waals surface area contributed by atoms with Crippen molar-refractivity contribution >= 4 is 5.91 Å². The van der Waals surface area contributed by atoms with Crippen LogP contribution in [0.5, 0.6) is 0 Å². The van der Waals surface area contributed by atoms with E-state index in [-0.39, 0.29) is 11.7 Å². The third-order valence-electron chi connectivity index (χ3n) is 5.32. The number of nitrogens with zero attached hydrogens (tertiary/aromatic N) is 2. The summed E-state index contributed by atoms with van der Waals surface area (Å²) in [6.45, 7) is 5.49. The van der Waals surface area contributed by atoms with E-state index in [0.717, 1.165) is 31.1 Å². The van der Waals surface area contributed by atoms with Gasteiger partial charge in [-0.15, -0.1) is 0 Å². The highest BCUT2D eigenvalue weighted by Crippen LogP contribution is 2.32. The molecule has 0 aromatic heterocycles. The first kappa shape index (κ1) is 15.5. The lowest BCUT2D eigenvalue weighted by molar-refractivity contribution is -0.130. The molecule has 1 aromatic carbocycles. The second kappa shape index (κ2) is 6.78. The first-order chi connectivity index (χ1) is 10.6. The van der Waals surface area contributed by atoms with Gasteiger partial charge in [0, 0.05) is 38.6 Å². The van der Waals surface area contributed by atoms with E-state index in [1.165, 1.54) is 31.4 Å². The lowest BCUT2D eigenvalue weighted by atomic mass is 9.80. The maximum atomic E-state index is 13.0. The van der Waals surface area contributed by atoms with E-state index in [2.05, 4.69) is 11.8 Å². The van der Waals surface area contributed by atoms with Gasteiger partial charge in [0.15, 0.2) is 0 Å². The topological polar surface area (TPSA) is 23.6 Å². The molecule has 0 radical (unpaired) electrons. The summed E-state index contributed by atoms with van der Waals surface area (Å²) >= 11 is 0. The van der Waals surface area contributed by atoms with E-state index in [1.54, 1.807) is 12.1 Å². The molecule has 1 amide bonds. The van der Waals surface area contributed by atoms with Crippen molar-refractivity contribution in [1.82, 2.24) is 9.80 Å². The van der Waals surface area contributed by atoms with Gasteiger partial charge in [-0.25, -0.2) is 4.39 Å². The van der Waals surface area contributed by atoms with E-state index in [1.807, 2.05) is 4.90 Å². The second-order valence-corrected chi connectivity index (χ2v) is 6.66. The second-order valence-electron chi connectivity index (χ2n) is 6.66. The Morgan fingerprint density at radius 3 is 2.55 bits per heavy atom. The van der Waals surface area contributed by atoms with Gasteiger partial charge in [-0.3, -0.25) is 9.69 Å². The van der Waals surface area contributed by atoms with Crippen molar-refractivity contribution in [3.8, 4) is 0 Å². The first-order valence-corrected chi connectivity index (χ1v) is 8.40. The molecular formula is C18H25FN2O. The fraction of sp³-hybridized carbons (Fsp3) is 0.611. The Labute approximate surface area is 132 Å². The molecule has 22 heavy (non-hydrogen) atoms. The van der Waals surface area contributed by atoms with Gasteiger partial charge in [-0.05, 0) is 43.4 Å². The summed E-state index contributed by atoms with van der Waals surface area (Å²) in [6.07, 6.45) is 4.63. The van der Waals surface area contributed by atoms with Crippen LogP contribution in [-0.4, -0.2) is 41.4 Å². The van der Waals surface area contributed by atoms with Gasteiger partial charge in [-0.1, -0.05) is 18.6 Å². The Morgan fingerprint density at radius 1 is 1.18 bits per heavy atom. The highest BCUT2D eigenvalue weighted by Gasteiger charge is 2.30. The number of halogens is 1. The molecule has 1 aliphatic carbocycles.